The minimum atomic E-state index is -0.532. The third-order valence-corrected chi connectivity index (χ3v) is 4.62. The molecule has 1 aromatic carbocycles. The lowest BCUT2D eigenvalue weighted by Gasteiger charge is -2.33. The zero-order valence-corrected chi connectivity index (χ0v) is 15.8. The van der Waals surface area contributed by atoms with Crippen molar-refractivity contribution in [1.29, 1.82) is 0 Å². The lowest BCUT2D eigenvalue weighted by molar-refractivity contribution is -0.123. The number of nitrogens with one attached hydrogen (secondary N) is 1. The lowest BCUT2D eigenvalue weighted by atomic mass is 10.1. The third-order valence-electron chi connectivity index (χ3n) is 4.33. The number of benzene rings is 1. The maximum absolute atomic E-state index is 13.2. The number of nitrogens with zero attached hydrogens (tertiary/aromatic N) is 1. The fourth-order valence-corrected chi connectivity index (χ4v) is 3.08. The number of furan rings is 1. The van der Waals surface area contributed by atoms with E-state index < -0.39 is 5.82 Å². The van der Waals surface area contributed by atoms with Crippen molar-refractivity contribution in [1.82, 2.24) is 10.2 Å². The van der Waals surface area contributed by atoms with Crippen LogP contribution in [-0.2, 0) is 9.53 Å². The van der Waals surface area contributed by atoms with Crippen molar-refractivity contribution < 1.29 is 23.1 Å². The molecule has 8 heteroatoms. The summed E-state index contributed by atoms with van der Waals surface area (Å²) in [6, 6.07) is 7.73. The molecule has 3 rings (SSSR count). The number of carbonyl (C=O) groups excluding carboxylic acids is 1. The normalized spacial score (nSPS) is 16.1. The number of halogens is 2. The van der Waals surface area contributed by atoms with Crippen LogP contribution in [0.2, 0.25) is 5.02 Å². The summed E-state index contributed by atoms with van der Waals surface area (Å²) in [6.45, 7) is 4.93. The average molecular weight is 397 g/mol. The van der Waals surface area contributed by atoms with Gasteiger partial charge in [0.1, 0.15) is 23.1 Å². The van der Waals surface area contributed by atoms with Gasteiger partial charge in [0, 0.05) is 25.7 Å². The highest BCUT2D eigenvalue weighted by molar-refractivity contribution is 6.30. The zero-order chi connectivity index (χ0) is 19.2. The number of rotatable bonds is 7. The predicted octanol–water partition coefficient (Wildman–Crippen LogP) is 2.95. The molecule has 146 valence electrons. The molecule has 0 spiro atoms. The molecule has 0 aliphatic carbocycles. The highest BCUT2D eigenvalue weighted by Crippen LogP contribution is 2.23. The van der Waals surface area contributed by atoms with E-state index in [0.717, 1.165) is 24.6 Å². The van der Waals surface area contributed by atoms with Gasteiger partial charge in [0.25, 0.3) is 5.91 Å². The molecule has 0 bridgehead atoms. The van der Waals surface area contributed by atoms with E-state index in [2.05, 4.69) is 10.2 Å². The summed E-state index contributed by atoms with van der Waals surface area (Å²) in [4.78, 5) is 14.4. The van der Waals surface area contributed by atoms with E-state index in [0.29, 0.717) is 25.5 Å². The van der Waals surface area contributed by atoms with Gasteiger partial charge in [-0.05, 0) is 31.2 Å². The van der Waals surface area contributed by atoms with E-state index in [1.165, 1.54) is 18.2 Å². The first-order chi connectivity index (χ1) is 13.0. The van der Waals surface area contributed by atoms with Crippen LogP contribution in [0.15, 0.2) is 34.7 Å². The highest BCUT2D eigenvalue weighted by atomic mass is 35.5. The van der Waals surface area contributed by atoms with E-state index in [9.17, 15) is 9.18 Å². The van der Waals surface area contributed by atoms with E-state index in [-0.39, 0.29) is 23.6 Å². The van der Waals surface area contributed by atoms with Gasteiger partial charge < -0.3 is 19.2 Å². The molecule has 1 aromatic heterocycles. The maximum Gasteiger partial charge on any atom is 0.258 e. The quantitative estimate of drug-likeness (QED) is 0.779. The van der Waals surface area contributed by atoms with Gasteiger partial charge in [-0.3, -0.25) is 9.69 Å². The summed E-state index contributed by atoms with van der Waals surface area (Å²) >= 11 is 5.71. The molecule has 27 heavy (non-hydrogen) atoms. The smallest absolute Gasteiger partial charge is 0.258 e. The first kappa shape index (κ1) is 19.7. The second kappa shape index (κ2) is 9.21. The van der Waals surface area contributed by atoms with E-state index in [4.69, 9.17) is 25.5 Å². The third kappa shape index (κ3) is 5.45. The summed E-state index contributed by atoms with van der Waals surface area (Å²) < 4.78 is 29.7. The first-order valence-corrected chi connectivity index (χ1v) is 9.13. The van der Waals surface area contributed by atoms with Crippen LogP contribution in [0.5, 0.6) is 5.75 Å². The van der Waals surface area contributed by atoms with Gasteiger partial charge >= 0.3 is 0 Å². The monoisotopic (exact) mass is 396 g/mol. The van der Waals surface area contributed by atoms with Crippen molar-refractivity contribution in [2.45, 2.75) is 13.0 Å². The van der Waals surface area contributed by atoms with Crippen LogP contribution in [-0.4, -0.2) is 50.3 Å². The van der Waals surface area contributed by atoms with E-state index >= 15 is 0 Å². The molecule has 1 atom stereocenters. The molecule has 1 unspecified atom stereocenters. The molecule has 1 saturated heterocycles. The molecular weight excluding hydrogens is 375 g/mol. The zero-order valence-electron chi connectivity index (χ0n) is 15.0. The maximum atomic E-state index is 13.2. The predicted molar refractivity (Wildman–Crippen MR) is 98.5 cm³/mol. The topological polar surface area (TPSA) is 63.9 Å². The molecule has 1 aliphatic rings. The van der Waals surface area contributed by atoms with Crippen LogP contribution in [0.1, 0.15) is 17.6 Å². The van der Waals surface area contributed by atoms with Crippen molar-refractivity contribution in [3.8, 4) is 5.75 Å². The SMILES string of the molecule is Cc1ccc(C(CNC(=O)COc2ccc(F)c(Cl)c2)N2CCOCC2)o1. The first-order valence-electron chi connectivity index (χ1n) is 8.75. The summed E-state index contributed by atoms with van der Waals surface area (Å²) in [7, 11) is 0. The van der Waals surface area contributed by atoms with Crippen LogP contribution in [0.3, 0.4) is 0 Å². The molecule has 6 nitrogen and oxygen atoms in total. The summed E-state index contributed by atoms with van der Waals surface area (Å²) in [5.74, 6) is 1.16. The fraction of sp³-hybridized carbons (Fsp3) is 0.421. The average Bonchev–Trinajstić information content (AvgIpc) is 3.10. The van der Waals surface area contributed by atoms with Crippen molar-refractivity contribution >= 4 is 17.5 Å². The van der Waals surface area contributed by atoms with E-state index in [1.54, 1.807) is 0 Å². The molecule has 1 N–H and O–H groups in total. The number of amides is 1. The van der Waals surface area contributed by atoms with Gasteiger partial charge in [-0.15, -0.1) is 0 Å². The Morgan fingerprint density at radius 1 is 1.33 bits per heavy atom. The van der Waals surface area contributed by atoms with Crippen molar-refractivity contribution in [3.63, 3.8) is 0 Å². The molecule has 0 radical (unpaired) electrons. The number of morpholine rings is 1. The molecule has 1 aliphatic heterocycles. The Morgan fingerprint density at radius 2 is 2.11 bits per heavy atom. The summed E-state index contributed by atoms with van der Waals surface area (Å²) in [6.07, 6.45) is 0. The van der Waals surface area contributed by atoms with Crippen LogP contribution in [0.25, 0.3) is 0 Å². The second-order valence-corrected chi connectivity index (χ2v) is 6.69. The number of ether oxygens (including phenoxy) is 2. The Kier molecular flexibility index (Phi) is 6.71. The Morgan fingerprint density at radius 3 is 2.78 bits per heavy atom. The Bertz CT molecular complexity index is 777. The van der Waals surface area contributed by atoms with Gasteiger partial charge in [-0.2, -0.15) is 0 Å². The van der Waals surface area contributed by atoms with Gasteiger partial charge in [0.05, 0.1) is 24.3 Å². The highest BCUT2D eigenvalue weighted by Gasteiger charge is 2.25. The van der Waals surface area contributed by atoms with E-state index in [1.807, 2.05) is 19.1 Å². The van der Waals surface area contributed by atoms with Crippen LogP contribution in [0, 0.1) is 12.7 Å². The Labute approximate surface area is 162 Å². The van der Waals surface area contributed by atoms with Crippen LogP contribution in [0.4, 0.5) is 4.39 Å². The molecule has 1 fully saturated rings. The van der Waals surface area contributed by atoms with Gasteiger partial charge in [0.15, 0.2) is 6.61 Å². The molecule has 2 heterocycles. The van der Waals surface area contributed by atoms with Gasteiger partial charge in [-0.25, -0.2) is 4.39 Å². The van der Waals surface area contributed by atoms with Crippen molar-refractivity contribution in [2.75, 3.05) is 39.5 Å². The fourth-order valence-electron chi connectivity index (χ4n) is 2.91. The molecule has 2 aromatic rings. The molecule has 1 amide bonds. The molecular formula is C19H22ClFN2O4. The number of carbonyl (C=O) groups is 1. The largest absolute Gasteiger partial charge is 0.484 e. The number of aryl methyl sites for hydroxylation is 1. The number of hydrogen-bond donors (Lipinski definition) is 1. The standard InChI is InChI=1S/C19H22ClFN2O4/c1-13-2-5-18(27-13)17(23-6-8-25-9-7-23)11-22-19(24)12-26-14-3-4-16(21)15(20)10-14/h2-5,10,17H,6-9,11-12H2,1H3,(H,22,24). The lowest BCUT2D eigenvalue weighted by Crippen LogP contribution is -2.44. The van der Waals surface area contributed by atoms with Crippen LogP contribution >= 0.6 is 11.6 Å². The van der Waals surface area contributed by atoms with Gasteiger partial charge in [-0.1, -0.05) is 11.6 Å². The van der Waals surface area contributed by atoms with Crippen molar-refractivity contribution in [3.05, 3.63) is 52.7 Å². The Hall–Kier alpha value is -2.09. The van der Waals surface area contributed by atoms with Crippen molar-refractivity contribution in [2.24, 2.45) is 0 Å². The Balaban J connectivity index is 1.55. The van der Waals surface area contributed by atoms with Gasteiger partial charge in [0.2, 0.25) is 0 Å². The minimum Gasteiger partial charge on any atom is -0.484 e. The summed E-state index contributed by atoms with van der Waals surface area (Å²) in [5.41, 5.74) is 0. The molecule has 0 saturated carbocycles. The minimum absolute atomic E-state index is 0.0477. The number of hydrogen-bond acceptors (Lipinski definition) is 5. The summed E-state index contributed by atoms with van der Waals surface area (Å²) in [5, 5.41) is 2.82. The van der Waals surface area contributed by atoms with Crippen LogP contribution < -0.4 is 10.1 Å². The second-order valence-electron chi connectivity index (χ2n) is 6.28.